The number of carbonyl (C=O) groups is 1. The first-order chi connectivity index (χ1) is 22.7. The normalized spacial score (nSPS) is 39.7. The molecule has 7 heteroatoms. The van der Waals surface area contributed by atoms with Crippen LogP contribution in [-0.2, 0) is 21.4 Å². The second kappa shape index (κ2) is 10.7. The van der Waals surface area contributed by atoms with Crippen LogP contribution in [0.25, 0.3) is 17.0 Å². The third kappa shape index (κ3) is 4.09. The van der Waals surface area contributed by atoms with Gasteiger partial charge in [0.05, 0.1) is 23.4 Å². The highest BCUT2D eigenvalue weighted by Gasteiger charge is 2.69. The van der Waals surface area contributed by atoms with Crippen molar-refractivity contribution in [3.8, 4) is 11.3 Å². The second-order valence-corrected chi connectivity index (χ2v) is 18.6. The van der Waals surface area contributed by atoms with Crippen LogP contribution in [-0.4, -0.2) is 32.2 Å². The first kappa shape index (κ1) is 32.7. The molecule has 2 aromatic heterocycles. The monoisotopic (exact) mass is 712 g/mol. The molecule has 3 unspecified atom stereocenters. The summed E-state index contributed by atoms with van der Waals surface area (Å²) in [5, 5.41) is 4.73. The number of allylic oxidation sites excluding steroid dienone is 2. The Morgan fingerprint density at radius 2 is 1.83 bits per heavy atom. The van der Waals surface area contributed by atoms with Crippen molar-refractivity contribution in [1.29, 1.82) is 0 Å². The van der Waals surface area contributed by atoms with Gasteiger partial charge in [0, 0.05) is 21.0 Å². The van der Waals surface area contributed by atoms with Gasteiger partial charge in [-0.05, 0) is 116 Å². The van der Waals surface area contributed by atoms with Crippen LogP contribution in [0.15, 0.2) is 46.7 Å². The number of esters is 1. The van der Waals surface area contributed by atoms with E-state index in [1.165, 1.54) is 24.1 Å². The molecule has 6 nitrogen and oxygen atoms in total. The lowest BCUT2D eigenvalue weighted by Crippen LogP contribution is -2.65. The van der Waals surface area contributed by atoms with Crippen molar-refractivity contribution in [3.63, 3.8) is 0 Å². The van der Waals surface area contributed by atoms with Crippen LogP contribution in [0.1, 0.15) is 112 Å². The molecule has 2 heterocycles. The molecule has 0 amide bonds. The Kier molecular flexibility index (Phi) is 7.30. The molecule has 0 bridgehead atoms. The number of halogens is 1. The fourth-order valence-corrected chi connectivity index (χ4v) is 13.4. The minimum Gasteiger partial charge on any atom is -0.466 e. The molecule has 0 spiro atoms. The number of hydrogen-bond donors (Lipinski definition) is 0. The van der Waals surface area contributed by atoms with Gasteiger partial charge in [0.2, 0.25) is 0 Å². The van der Waals surface area contributed by atoms with E-state index in [2.05, 4.69) is 99.7 Å². The SMILES string of the molecule is CCOC(=O)[C@]12CC[C@@H](C)[C@H](C)C1C1=CCC3[C@@]4(C)Cc5c(nc6ncnn6c5-c5cccc(Br)c5)C(C)(C)C4CC[C@@]3(C)[C@]1(C)CC2. The molecule has 0 saturated heterocycles. The smallest absolute Gasteiger partial charge is 0.312 e. The number of fused-ring (bicyclic) bond motifs is 9. The van der Waals surface area contributed by atoms with E-state index < -0.39 is 0 Å². The van der Waals surface area contributed by atoms with Crippen LogP contribution in [0.4, 0.5) is 0 Å². The molecule has 5 aliphatic rings. The first-order valence-electron chi connectivity index (χ1n) is 18.6. The lowest BCUT2D eigenvalue weighted by molar-refractivity contribution is -0.183. The molecule has 5 aliphatic carbocycles. The van der Waals surface area contributed by atoms with E-state index in [1.807, 2.05) is 11.4 Å². The van der Waals surface area contributed by atoms with Crippen molar-refractivity contribution in [2.75, 3.05) is 6.61 Å². The highest BCUT2D eigenvalue weighted by molar-refractivity contribution is 9.10. The van der Waals surface area contributed by atoms with Crippen molar-refractivity contribution in [2.24, 2.45) is 51.2 Å². The molecular weight excluding hydrogens is 660 g/mol. The summed E-state index contributed by atoms with van der Waals surface area (Å²) in [6.07, 6.45) is 12.8. The summed E-state index contributed by atoms with van der Waals surface area (Å²) in [5.74, 6) is 3.09. The molecule has 256 valence electrons. The predicted molar refractivity (Wildman–Crippen MR) is 193 cm³/mol. The fraction of sp³-hybridized carbons (Fsp3) is 0.659. The number of aromatic nitrogens is 4. The summed E-state index contributed by atoms with van der Waals surface area (Å²) in [7, 11) is 0. The zero-order chi connectivity index (χ0) is 34.0. The van der Waals surface area contributed by atoms with E-state index in [0.29, 0.717) is 36.1 Å². The van der Waals surface area contributed by atoms with Crippen LogP contribution in [0.5, 0.6) is 0 Å². The largest absolute Gasteiger partial charge is 0.466 e. The van der Waals surface area contributed by atoms with Gasteiger partial charge < -0.3 is 4.74 Å². The van der Waals surface area contributed by atoms with Gasteiger partial charge in [-0.3, -0.25) is 4.79 Å². The van der Waals surface area contributed by atoms with Crippen LogP contribution < -0.4 is 0 Å². The predicted octanol–water partition coefficient (Wildman–Crippen LogP) is 9.79. The average Bonchev–Trinajstić information content (AvgIpc) is 3.51. The summed E-state index contributed by atoms with van der Waals surface area (Å²) in [5.41, 5.74) is 6.13. The van der Waals surface area contributed by atoms with Crippen molar-refractivity contribution in [1.82, 2.24) is 19.6 Å². The van der Waals surface area contributed by atoms with Gasteiger partial charge >= 0.3 is 5.97 Å². The summed E-state index contributed by atoms with van der Waals surface area (Å²) >= 11 is 3.75. The van der Waals surface area contributed by atoms with E-state index in [-0.39, 0.29) is 39.0 Å². The first-order valence-corrected chi connectivity index (χ1v) is 19.4. The molecule has 3 fully saturated rings. The number of ether oxygens (including phenoxy) is 1. The molecule has 0 aliphatic heterocycles. The van der Waals surface area contributed by atoms with E-state index in [0.717, 1.165) is 54.3 Å². The maximum Gasteiger partial charge on any atom is 0.312 e. The van der Waals surface area contributed by atoms with E-state index in [1.54, 1.807) is 11.9 Å². The highest BCUT2D eigenvalue weighted by atomic mass is 79.9. The van der Waals surface area contributed by atoms with Crippen molar-refractivity contribution in [3.05, 3.63) is 58.0 Å². The Hall–Kier alpha value is -2.54. The van der Waals surface area contributed by atoms with Crippen LogP contribution in [0.2, 0.25) is 0 Å². The Bertz CT molecular complexity index is 1850. The standard InChI is InChI=1S/C41H53BrN4O2/c1-9-48-35(47)41-18-15-24(2)25(3)32(41)29-13-14-31-38(6)22-28-33(26-11-10-12-27(42)21-26)46-36(43-23-44-46)45-34(28)37(4,5)30(38)16-17-40(31,8)39(29,7)19-20-41/h10-13,21,23-25,30-32H,9,14-20,22H2,1-8H3/t24-,25+,30?,31?,32?,38+,39-,40-,41+/m1/s1. The Labute approximate surface area is 295 Å². The third-order valence-corrected chi connectivity index (χ3v) is 16.1. The minimum atomic E-state index is -0.378. The third-order valence-electron chi connectivity index (χ3n) is 15.6. The van der Waals surface area contributed by atoms with E-state index >= 15 is 0 Å². The van der Waals surface area contributed by atoms with Gasteiger partial charge in [-0.2, -0.15) is 14.6 Å². The molecule has 0 N–H and O–H groups in total. The summed E-state index contributed by atoms with van der Waals surface area (Å²) in [6, 6.07) is 8.62. The van der Waals surface area contributed by atoms with Crippen molar-refractivity contribution in [2.45, 2.75) is 112 Å². The van der Waals surface area contributed by atoms with Gasteiger partial charge in [-0.1, -0.05) is 88.2 Å². The minimum absolute atomic E-state index is 0.0432. The molecule has 1 aromatic carbocycles. The molecule has 8 rings (SSSR count). The van der Waals surface area contributed by atoms with E-state index in [4.69, 9.17) is 14.8 Å². The van der Waals surface area contributed by atoms with E-state index in [9.17, 15) is 4.79 Å². The second-order valence-electron chi connectivity index (χ2n) is 17.7. The molecule has 3 aromatic rings. The van der Waals surface area contributed by atoms with Crippen molar-refractivity contribution >= 4 is 27.7 Å². The molecule has 9 atom stereocenters. The van der Waals surface area contributed by atoms with Gasteiger partial charge in [-0.15, -0.1) is 0 Å². The van der Waals surface area contributed by atoms with Gasteiger partial charge in [0.15, 0.2) is 0 Å². The number of hydrogen-bond acceptors (Lipinski definition) is 5. The Balaban J connectivity index is 1.28. The number of carbonyl (C=O) groups excluding carboxylic acids is 1. The van der Waals surface area contributed by atoms with Gasteiger partial charge in [-0.25, -0.2) is 4.98 Å². The quantitative estimate of drug-likeness (QED) is 0.200. The zero-order valence-electron chi connectivity index (χ0n) is 30.2. The molecule has 3 saturated carbocycles. The van der Waals surface area contributed by atoms with Crippen molar-refractivity contribution < 1.29 is 9.53 Å². The summed E-state index contributed by atoms with van der Waals surface area (Å²) in [6.45, 7) is 20.0. The maximum atomic E-state index is 13.9. The molecule has 48 heavy (non-hydrogen) atoms. The van der Waals surface area contributed by atoms with Crippen LogP contribution in [0.3, 0.4) is 0 Å². The average molecular weight is 714 g/mol. The molecular formula is C41H53BrN4O2. The number of rotatable bonds is 3. The highest BCUT2D eigenvalue weighted by Crippen LogP contribution is 2.75. The molecule has 0 radical (unpaired) electrons. The maximum absolute atomic E-state index is 13.9. The summed E-state index contributed by atoms with van der Waals surface area (Å²) < 4.78 is 8.94. The van der Waals surface area contributed by atoms with Crippen LogP contribution >= 0.6 is 15.9 Å². The van der Waals surface area contributed by atoms with Crippen LogP contribution in [0, 0.1) is 51.2 Å². The lowest BCUT2D eigenvalue weighted by atomic mass is 9.33. The fourth-order valence-electron chi connectivity index (χ4n) is 13.0. The summed E-state index contributed by atoms with van der Waals surface area (Å²) in [4.78, 5) is 23.8. The topological polar surface area (TPSA) is 69.4 Å². The van der Waals surface area contributed by atoms with Gasteiger partial charge in [0.25, 0.3) is 5.78 Å². The number of nitrogens with zero attached hydrogens (tertiary/aromatic N) is 4. The Morgan fingerprint density at radius 3 is 2.58 bits per heavy atom. The number of benzene rings is 1. The van der Waals surface area contributed by atoms with Gasteiger partial charge in [0.1, 0.15) is 6.33 Å². The zero-order valence-corrected chi connectivity index (χ0v) is 31.8. The lowest BCUT2D eigenvalue weighted by Gasteiger charge is -2.71. The Morgan fingerprint density at radius 1 is 1.04 bits per heavy atom.